The number of carbonyl (C=O) groups excluding carboxylic acids is 2. The first-order valence-electron chi connectivity index (χ1n) is 12.9. The first-order valence-corrected chi connectivity index (χ1v) is 12.9. The predicted molar refractivity (Wildman–Crippen MR) is 138 cm³/mol. The summed E-state index contributed by atoms with van der Waals surface area (Å²) in [5.74, 6) is -0.254. The molecule has 2 aromatic rings. The Bertz CT molecular complexity index is 1270. The van der Waals surface area contributed by atoms with E-state index in [-0.39, 0.29) is 23.9 Å². The molecule has 2 aromatic carbocycles. The number of amides is 2. The highest BCUT2D eigenvalue weighted by molar-refractivity contribution is 6.07. The predicted octanol–water partition coefficient (Wildman–Crippen LogP) is 6.16. The van der Waals surface area contributed by atoms with Gasteiger partial charge in [-0.05, 0) is 68.8 Å². The lowest BCUT2D eigenvalue weighted by atomic mass is 9.88. The zero-order valence-corrected chi connectivity index (χ0v) is 21.8. The Balaban J connectivity index is 1.89. The Morgan fingerprint density at radius 1 is 1.11 bits per heavy atom. The number of nitriles is 1. The third-order valence-electron chi connectivity index (χ3n) is 7.30. The van der Waals surface area contributed by atoms with E-state index in [9.17, 15) is 28.0 Å². The average molecular weight is 525 g/mol. The molecule has 200 valence electrons. The molecule has 0 N–H and O–H groups in total. The van der Waals surface area contributed by atoms with Crippen LogP contribution in [0.4, 0.5) is 23.7 Å². The van der Waals surface area contributed by atoms with Crippen molar-refractivity contribution in [3.8, 4) is 6.07 Å². The second-order valence-electron chi connectivity index (χ2n) is 9.66. The molecule has 1 aliphatic carbocycles. The number of halogens is 3. The first kappa shape index (κ1) is 27.4. The van der Waals surface area contributed by atoms with Crippen LogP contribution in [-0.2, 0) is 11.0 Å². The van der Waals surface area contributed by atoms with Gasteiger partial charge in [-0.3, -0.25) is 9.69 Å². The van der Waals surface area contributed by atoms with Crippen LogP contribution in [0.2, 0.25) is 0 Å². The molecule has 2 amide bonds. The number of hydrogen-bond donors (Lipinski definition) is 0. The molecule has 1 saturated carbocycles. The Labute approximate surface area is 220 Å². The highest BCUT2D eigenvalue weighted by Crippen LogP contribution is 2.44. The fourth-order valence-corrected chi connectivity index (χ4v) is 4.96. The van der Waals surface area contributed by atoms with Crippen LogP contribution in [0.5, 0.6) is 0 Å². The lowest BCUT2D eigenvalue weighted by molar-refractivity contribution is -0.137. The summed E-state index contributed by atoms with van der Waals surface area (Å²) in [4.78, 5) is 32.8. The fourth-order valence-electron chi connectivity index (χ4n) is 4.96. The van der Waals surface area contributed by atoms with Gasteiger partial charge in [-0.15, -0.1) is 0 Å². The summed E-state index contributed by atoms with van der Waals surface area (Å²) in [6.07, 6.45) is -3.09. The standard InChI is InChI=1S/C29H31F3N4O2/c1-4-34(5-2)15-16-35-26(21-11-9-20(18-33)10-12-21)25(27(37)22-13-14-22)19(3)36(28(35)38)24-8-6-7-23(17-24)29(30,31)32/h6-12,17,22,26H,4-5,13-16H2,1-3H3. The van der Waals surface area contributed by atoms with Gasteiger partial charge >= 0.3 is 12.2 Å². The smallest absolute Gasteiger partial charge is 0.311 e. The van der Waals surface area contributed by atoms with Gasteiger partial charge in [0.2, 0.25) is 0 Å². The number of hydrogen-bond acceptors (Lipinski definition) is 4. The second-order valence-corrected chi connectivity index (χ2v) is 9.66. The first-order chi connectivity index (χ1) is 18.1. The number of rotatable bonds is 9. The van der Waals surface area contributed by atoms with Gasteiger partial charge in [0.05, 0.1) is 28.9 Å². The van der Waals surface area contributed by atoms with Crippen LogP contribution in [0.3, 0.4) is 0 Å². The molecular formula is C29H31F3N4O2. The van der Waals surface area contributed by atoms with E-state index < -0.39 is 23.8 Å². The number of alkyl halides is 3. The monoisotopic (exact) mass is 524 g/mol. The molecule has 0 aromatic heterocycles. The molecule has 4 rings (SSSR count). The van der Waals surface area contributed by atoms with Gasteiger partial charge in [-0.2, -0.15) is 18.4 Å². The molecule has 2 aliphatic rings. The van der Waals surface area contributed by atoms with Crippen LogP contribution in [-0.4, -0.2) is 47.8 Å². The lowest BCUT2D eigenvalue weighted by Crippen LogP contribution is -2.52. The summed E-state index contributed by atoms with van der Waals surface area (Å²) in [6.45, 7) is 8.00. The molecule has 38 heavy (non-hydrogen) atoms. The minimum atomic E-state index is -4.58. The van der Waals surface area contributed by atoms with Crippen LogP contribution in [0.1, 0.15) is 56.3 Å². The van der Waals surface area contributed by atoms with Gasteiger partial charge < -0.3 is 9.80 Å². The molecule has 1 heterocycles. The van der Waals surface area contributed by atoms with Gasteiger partial charge in [-0.1, -0.05) is 32.0 Å². The maximum absolute atomic E-state index is 14.1. The molecule has 1 unspecified atom stereocenters. The largest absolute Gasteiger partial charge is 0.416 e. The maximum atomic E-state index is 14.1. The lowest BCUT2D eigenvalue weighted by Gasteiger charge is -2.44. The molecule has 9 heteroatoms. The van der Waals surface area contributed by atoms with E-state index in [1.54, 1.807) is 36.1 Å². The topological polar surface area (TPSA) is 67.7 Å². The van der Waals surface area contributed by atoms with E-state index >= 15 is 0 Å². The SMILES string of the molecule is CCN(CC)CCN1C(=O)N(c2cccc(C(F)(F)F)c2)C(C)=C(C(=O)C2CC2)C1c1ccc(C#N)cc1. The van der Waals surface area contributed by atoms with Crippen molar-refractivity contribution in [2.45, 2.75) is 45.8 Å². The zero-order chi connectivity index (χ0) is 27.6. The number of carbonyl (C=O) groups is 2. The minimum absolute atomic E-state index is 0.0644. The second kappa shape index (κ2) is 11.0. The summed E-state index contributed by atoms with van der Waals surface area (Å²) >= 11 is 0. The number of nitrogens with zero attached hydrogens (tertiary/aromatic N) is 4. The van der Waals surface area contributed by atoms with Crippen LogP contribution in [0.15, 0.2) is 59.8 Å². The third kappa shape index (κ3) is 5.46. The van der Waals surface area contributed by atoms with Crippen LogP contribution in [0.25, 0.3) is 0 Å². The van der Waals surface area contributed by atoms with E-state index in [0.29, 0.717) is 28.9 Å². The van der Waals surface area contributed by atoms with Crippen LogP contribution in [0, 0.1) is 17.2 Å². The molecule has 0 saturated heterocycles. The maximum Gasteiger partial charge on any atom is 0.416 e. The van der Waals surface area contributed by atoms with Crippen molar-refractivity contribution in [2.24, 2.45) is 5.92 Å². The normalized spacial score (nSPS) is 18.3. The summed E-state index contributed by atoms with van der Waals surface area (Å²) in [5, 5.41) is 9.27. The van der Waals surface area contributed by atoms with Gasteiger partial charge in [0.15, 0.2) is 5.78 Å². The van der Waals surface area contributed by atoms with Gasteiger partial charge in [0, 0.05) is 30.3 Å². The Kier molecular flexibility index (Phi) is 7.93. The molecule has 0 spiro atoms. The summed E-state index contributed by atoms with van der Waals surface area (Å²) in [6, 6.07) is 12.3. The van der Waals surface area contributed by atoms with Crippen molar-refractivity contribution in [3.63, 3.8) is 0 Å². The number of benzene rings is 2. The molecule has 6 nitrogen and oxygen atoms in total. The van der Waals surface area contributed by atoms with Crippen LogP contribution < -0.4 is 4.90 Å². The number of urea groups is 1. The van der Waals surface area contributed by atoms with E-state index in [1.807, 2.05) is 13.8 Å². The molecule has 1 fully saturated rings. The van der Waals surface area contributed by atoms with Crippen molar-refractivity contribution in [3.05, 3.63) is 76.5 Å². The van der Waals surface area contributed by atoms with Gasteiger partial charge in [0.1, 0.15) is 0 Å². The molecule has 1 atom stereocenters. The minimum Gasteiger partial charge on any atom is -0.311 e. The van der Waals surface area contributed by atoms with E-state index in [2.05, 4.69) is 11.0 Å². The number of anilines is 1. The molecule has 0 radical (unpaired) electrons. The quantitative estimate of drug-likeness (QED) is 0.394. The summed E-state index contributed by atoms with van der Waals surface area (Å²) < 4.78 is 40.6. The van der Waals surface area contributed by atoms with Crippen molar-refractivity contribution in [1.82, 2.24) is 9.80 Å². The number of allylic oxidation sites excluding steroid dienone is 1. The van der Waals surface area contributed by atoms with Gasteiger partial charge in [-0.25, -0.2) is 4.79 Å². The molecule has 1 aliphatic heterocycles. The van der Waals surface area contributed by atoms with E-state index in [4.69, 9.17) is 0 Å². The van der Waals surface area contributed by atoms with Crippen molar-refractivity contribution in [1.29, 1.82) is 5.26 Å². The Morgan fingerprint density at radius 2 is 1.76 bits per heavy atom. The average Bonchev–Trinajstić information content (AvgIpc) is 3.75. The molecule has 0 bridgehead atoms. The molecular weight excluding hydrogens is 493 g/mol. The highest BCUT2D eigenvalue weighted by atomic mass is 19.4. The number of Topliss-reactive ketones (excluding diaryl/α,β-unsaturated/α-hetero) is 1. The van der Waals surface area contributed by atoms with Crippen LogP contribution >= 0.6 is 0 Å². The zero-order valence-electron chi connectivity index (χ0n) is 21.8. The van der Waals surface area contributed by atoms with E-state index in [0.717, 1.165) is 38.1 Å². The van der Waals surface area contributed by atoms with Gasteiger partial charge in [0.25, 0.3) is 0 Å². The Morgan fingerprint density at radius 3 is 2.32 bits per heavy atom. The van der Waals surface area contributed by atoms with Crippen molar-refractivity contribution < 1.29 is 22.8 Å². The van der Waals surface area contributed by atoms with E-state index in [1.165, 1.54) is 17.0 Å². The summed E-state index contributed by atoms with van der Waals surface area (Å²) in [7, 11) is 0. The summed E-state index contributed by atoms with van der Waals surface area (Å²) in [5.41, 5.74) is 1.08. The van der Waals surface area contributed by atoms with Crippen molar-refractivity contribution in [2.75, 3.05) is 31.1 Å². The number of likely N-dealkylation sites (N-methyl/N-ethyl adjacent to an activating group) is 1. The third-order valence-corrected chi connectivity index (χ3v) is 7.30. The Hall–Kier alpha value is -3.64. The fraction of sp³-hybridized carbons (Fsp3) is 0.414. The van der Waals surface area contributed by atoms with Crippen molar-refractivity contribution >= 4 is 17.5 Å². The highest BCUT2D eigenvalue weighted by Gasteiger charge is 2.45. The number of ketones is 1.